The lowest BCUT2D eigenvalue weighted by atomic mass is 9.99. The number of piperazine rings is 1. The van der Waals surface area contributed by atoms with Crippen LogP contribution in [0.2, 0.25) is 0 Å². The average molecular weight is 487 g/mol. The van der Waals surface area contributed by atoms with Crippen LogP contribution in [-0.4, -0.2) is 73.1 Å². The van der Waals surface area contributed by atoms with Gasteiger partial charge < -0.3 is 14.4 Å². The van der Waals surface area contributed by atoms with Gasteiger partial charge >= 0.3 is 0 Å². The van der Waals surface area contributed by atoms with Gasteiger partial charge in [0.15, 0.2) is 5.78 Å². The van der Waals surface area contributed by atoms with Gasteiger partial charge in [0.2, 0.25) is 10.0 Å². The van der Waals surface area contributed by atoms with E-state index in [0.717, 1.165) is 18.5 Å². The number of carbonyl (C=O) groups is 2. The van der Waals surface area contributed by atoms with E-state index in [4.69, 9.17) is 0 Å². The monoisotopic (exact) mass is 486 g/mol. The maximum absolute atomic E-state index is 13.5. The van der Waals surface area contributed by atoms with Crippen LogP contribution in [0.15, 0.2) is 35.2 Å². The number of amides is 1. The third-order valence-electron chi connectivity index (χ3n) is 7.27. The van der Waals surface area contributed by atoms with Crippen LogP contribution in [0.3, 0.4) is 0 Å². The van der Waals surface area contributed by atoms with E-state index in [1.54, 1.807) is 36.7 Å². The molecule has 0 unspecified atom stereocenters. The lowest BCUT2D eigenvalue weighted by molar-refractivity contribution is 0.0687. The van der Waals surface area contributed by atoms with Crippen molar-refractivity contribution >= 4 is 27.4 Å². The molecule has 1 aromatic heterocycles. The molecule has 0 bridgehead atoms. The minimum absolute atomic E-state index is 0.0217. The molecular formula is C25H34N4O4S. The fourth-order valence-corrected chi connectivity index (χ4v) is 6.44. The first-order valence-electron chi connectivity index (χ1n) is 11.9. The summed E-state index contributed by atoms with van der Waals surface area (Å²) in [6.07, 6.45) is 1.95. The standard InChI is InChI=1S/C25H34N4O4S/c1-18-9-11-28(12-10-18)25(31)23-17-24(19(2)26(23)4)34(32,33)29-15-13-27(14-16-29)22-7-5-21(6-8-22)20(3)30/h5-8,17-18H,9-16H2,1-4H3. The molecule has 2 aromatic rings. The van der Waals surface area contributed by atoms with Gasteiger partial charge in [-0.05, 0) is 62.9 Å². The second-order valence-corrected chi connectivity index (χ2v) is 11.4. The number of nitrogens with zero attached hydrogens (tertiary/aromatic N) is 4. The van der Waals surface area contributed by atoms with Crippen LogP contribution < -0.4 is 4.90 Å². The predicted octanol–water partition coefficient (Wildman–Crippen LogP) is 2.92. The molecule has 0 aliphatic carbocycles. The number of aromatic nitrogens is 1. The summed E-state index contributed by atoms with van der Waals surface area (Å²) in [5.41, 5.74) is 2.64. The van der Waals surface area contributed by atoms with Crippen LogP contribution in [0, 0.1) is 12.8 Å². The molecule has 8 nitrogen and oxygen atoms in total. The topological polar surface area (TPSA) is 82.9 Å². The Morgan fingerprint density at radius 1 is 0.941 bits per heavy atom. The van der Waals surface area contributed by atoms with Crippen molar-refractivity contribution in [1.29, 1.82) is 0 Å². The number of hydrogen-bond acceptors (Lipinski definition) is 5. The van der Waals surface area contributed by atoms with E-state index in [1.807, 2.05) is 17.0 Å². The molecule has 34 heavy (non-hydrogen) atoms. The van der Waals surface area contributed by atoms with Crippen molar-refractivity contribution in [3.05, 3.63) is 47.3 Å². The van der Waals surface area contributed by atoms with Crippen LogP contribution in [0.4, 0.5) is 5.69 Å². The van der Waals surface area contributed by atoms with Gasteiger partial charge in [0.05, 0.1) is 0 Å². The Hall–Kier alpha value is -2.65. The predicted molar refractivity (Wildman–Crippen MR) is 132 cm³/mol. The molecule has 1 aromatic carbocycles. The third kappa shape index (κ3) is 4.63. The van der Waals surface area contributed by atoms with E-state index in [-0.39, 0.29) is 16.6 Å². The molecule has 2 aliphatic heterocycles. The SMILES string of the molecule is CC(=O)c1ccc(N2CCN(S(=O)(=O)c3cc(C(=O)N4CCC(C)CC4)n(C)c3C)CC2)cc1. The van der Waals surface area contributed by atoms with Gasteiger partial charge in [-0.15, -0.1) is 0 Å². The fourth-order valence-electron chi connectivity index (χ4n) is 4.74. The minimum atomic E-state index is -3.72. The molecule has 0 radical (unpaired) electrons. The number of hydrogen-bond donors (Lipinski definition) is 0. The van der Waals surface area contributed by atoms with Crippen molar-refractivity contribution in [1.82, 2.24) is 13.8 Å². The van der Waals surface area contributed by atoms with Crippen molar-refractivity contribution < 1.29 is 18.0 Å². The van der Waals surface area contributed by atoms with Crippen LogP contribution in [0.25, 0.3) is 0 Å². The smallest absolute Gasteiger partial charge is 0.270 e. The van der Waals surface area contributed by atoms with E-state index in [9.17, 15) is 18.0 Å². The third-order valence-corrected chi connectivity index (χ3v) is 9.29. The quantitative estimate of drug-likeness (QED) is 0.607. The average Bonchev–Trinajstić information content (AvgIpc) is 3.14. The summed E-state index contributed by atoms with van der Waals surface area (Å²) in [5, 5.41) is 0. The summed E-state index contributed by atoms with van der Waals surface area (Å²) in [5.74, 6) is 0.534. The van der Waals surface area contributed by atoms with Crippen LogP contribution >= 0.6 is 0 Å². The van der Waals surface area contributed by atoms with E-state index in [1.165, 1.54) is 11.2 Å². The van der Waals surface area contributed by atoms with E-state index >= 15 is 0 Å². The first-order chi connectivity index (χ1) is 16.1. The van der Waals surface area contributed by atoms with Crippen molar-refractivity contribution in [2.24, 2.45) is 13.0 Å². The number of rotatable bonds is 5. The summed E-state index contributed by atoms with van der Waals surface area (Å²) >= 11 is 0. The maximum atomic E-state index is 13.5. The highest BCUT2D eigenvalue weighted by molar-refractivity contribution is 7.89. The van der Waals surface area contributed by atoms with Gasteiger partial charge in [0.25, 0.3) is 5.91 Å². The number of ketones is 1. The van der Waals surface area contributed by atoms with Gasteiger partial charge in [-0.2, -0.15) is 4.31 Å². The van der Waals surface area contributed by atoms with Crippen molar-refractivity contribution in [3.8, 4) is 0 Å². The summed E-state index contributed by atoms with van der Waals surface area (Å²) < 4.78 is 30.2. The van der Waals surface area contributed by atoms with Gasteiger partial charge in [-0.1, -0.05) is 6.92 Å². The highest BCUT2D eigenvalue weighted by atomic mass is 32.2. The zero-order chi connectivity index (χ0) is 24.6. The zero-order valence-corrected chi connectivity index (χ0v) is 21.3. The Morgan fingerprint density at radius 3 is 2.09 bits per heavy atom. The van der Waals surface area contributed by atoms with Gasteiger partial charge in [0, 0.05) is 63.3 Å². The minimum Gasteiger partial charge on any atom is -0.369 e. The van der Waals surface area contributed by atoms with Crippen molar-refractivity contribution in [2.45, 2.75) is 38.5 Å². The molecule has 0 atom stereocenters. The van der Waals surface area contributed by atoms with Gasteiger partial charge in [-0.3, -0.25) is 9.59 Å². The van der Waals surface area contributed by atoms with Crippen molar-refractivity contribution in [2.75, 3.05) is 44.2 Å². The number of carbonyl (C=O) groups excluding carboxylic acids is 2. The second kappa shape index (κ2) is 9.54. The Labute approximate surface area is 202 Å². The first kappa shape index (κ1) is 24.5. The molecule has 1 amide bonds. The lowest BCUT2D eigenvalue weighted by Crippen LogP contribution is -2.48. The second-order valence-electron chi connectivity index (χ2n) is 9.51. The Bertz CT molecular complexity index is 1170. The number of Topliss-reactive ketones (excluding diaryl/α,β-unsaturated/α-hetero) is 1. The fraction of sp³-hybridized carbons (Fsp3) is 0.520. The number of anilines is 1. The molecule has 0 saturated carbocycles. The molecule has 2 saturated heterocycles. The maximum Gasteiger partial charge on any atom is 0.270 e. The van der Waals surface area contributed by atoms with Crippen LogP contribution in [0.5, 0.6) is 0 Å². The van der Waals surface area contributed by atoms with Gasteiger partial charge in [0.1, 0.15) is 10.6 Å². The Balaban J connectivity index is 1.48. The summed E-state index contributed by atoms with van der Waals surface area (Å²) in [7, 11) is -1.96. The normalized spacial score (nSPS) is 18.4. The molecular weight excluding hydrogens is 452 g/mol. The highest BCUT2D eigenvalue weighted by Crippen LogP contribution is 2.27. The number of benzene rings is 1. The van der Waals surface area contributed by atoms with E-state index in [2.05, 4.69) is 11.8 Å². The van der Waals surface area contributed by atoms with E-state index < -0.39 is 10.0 Å². The molecule has 0 spiro atoms. The summed E-state index contributed by atoms with van der Waals surface area (Å²) in [4.78, 5) is 28.8. The van der Waals surface area contributed by atoms with Crippen LogP contribution in [-0.2, 0) is 17.1 Å². The highest BCUT2D eigenvalue weighted by Gasteiger charge is 2.33. The molecule has 4 rings (SSSR count). The molecule has 3 heterocycles. The number of likely N-dealkylation sites (tertiary alicyclic amines) is 1. The van der Waals surface area contributed by atoms with E-state index in [0.29, 0.717) is 62.1 Å². The Morgan fingerprint density at radius 2 is 1.53 bits per heavy atom. The van der Waals surface area contributed by atoms with Crippen molar-refractivity contribution in [3.63, 3.8) is 0 Å². The largest absolute Gasteiger partial charge is 0.369 e. The molecule has 9 heteroatoms. The lowest BCUT2D eigenvalue weighted by Gasteiger charge is -2.35. The van der Waals surface area contributed by atoms with Gasteiger partial charge in [-0.25, -0.2) is 8.42 Å². The molecule has 2 aliphatic rings. The molecule has 0 N–H and O–H groups in total. The summed E-state index contributed by atoms with van der Waals surface area (Å²) in [6, 6.07) is 8.96. The molecule has 2 fully saturated rings. The number of sulfonamides is 1. The zero-order valence-electron chi connectivity index (χ0n) is 20.5. The number of piperidine rings is 1. The Kier molecular flexibility index (Phi) is 6.87. The molecule has 184 valence electrons. The first-order valence-corrected chi connectivity index (χ1v) is 13.3. The summed E-state index contributed by atoms with van der Waals surface area (Å²) in [6.45, 7) is 8.75. The van der Waals surface area contributed by atoms with Crippen LogP contribution in [0.1, 0.15) is 53.2 Å².